The summed E-state index contributed by atoms with van der Waals surface area (Å²) in [5.74, 6) is -0.993. The highest BCUT2D eigenvalue weighted by Crippen LogP contribution is 2.43. The van der Waals surface area contributed by atoms with Crippen LogP contribution >= 0.6 is 0 Å². The van der Waals surface area contributed by atoms with Crippen molar-refractivity contribution in [1.82, 2.24) is 0 Å². The first-order chi connectivity index (χ1) is 13.9. The third-order valence-corrected chi connectivity index (χ3v) is 5.18. The van der Waals surface area contributed by atoms with Crippen molar-refractivity contribution in [2.24, 2.45) is 5.41 Å². The van der Waals surface area contributed by atoms with Gasteiger partial charge in [0, 0.05) is 7.11 Å². The molecule has 3 aromatic rings. The molecule has 0 saturated carbocycles. The molecule has 0 heterocycles. The maximum absolute atomic E-state index is 12.0. The number of benzene rings is 3. The third-order valence-electron chi connectivity index (χ3n) is 5.18. The topological polar surface area (TPSA) is 55.8 Å². The van der Waals surface area contributed by atoms with Gasteiger partial charge in [-0.1, -0.05) is 91.0 Å². The Morgan fingerprint density at radius 2 is 1.10 bits per heavy atom. The summed E-state index contributed by atoms with van der Waals surface area (Å²) in [6, 6.07) is 29.4. The van der Waals surface area contributed by atoms with Crippen LogP contribution in [0, 0.1) is 5.41 Å². The molecule has 0 aliphatic carbocycles. The van der Waals surface area contributed by atoms with E-state index in [2.05, 4.69) is 0 Å². The minimum absolute atomic E-state index is 0.889. The molecule has 150 valence electrons. The minimum Gasteiger partial charge on any atom is -0.481 e. The summed E-state index contributed by atoms with van der Waals surface area (Å²) in [5, 5.41) is 9.79. The van der Waals surface area contributed by atoms with Gasteiger partial charge in [0.2, 0.25) is 0 Å². The van der Waals surface area contributed by atoms with Gasteiger partial charge in [-0.2, -0.15) is 0 Å². The monoisotopic (exact) mass is 390 g/mol. The van der Waals surface area contributed by atoms with Gasteiger partial charge < -0.3 is 14.6 Å². The highest BCUT2D eigenvalue weighted by Gasteiger charge is 2.46. The van der Waals surface area contributed by atoms with Crippen LogP contribution in [0.25, 0.3) is 0 Å². The zero-order chi connectivity index (χ0) is 20.9. The SMILES string of the molecule is COC(OC(c1ccccc1)(c1ccccc1)c1ccccc1)C(C)(C)C(=O)O. The molecule has 0 aliphatic heterocycles. The van der Waals surface area contributed by atoms with E-state index in [9.17, 15) is 9.90 Å². The lowest BCUT2D eigenvalue weighted by Gasteiger charge is -2.41. The molecule has 4 heteroatoms. The highest BCUT2D eigenvalue weighted by atomic mass is 16.7. The van der Waals surface area contributed by atoms with Crippen LogP contribution in [0.4, 0.5) is 0 Å². The van der Waals surface area contributed by atoms with Gasteiger partial charge in [0.15, 0.2) is 6.29 Å². The van der Waals surface area contributed by atoms with E-state index in [0.717, 1.165) is 16.7 Å². The van der Waals surface area contributed by atoms with Crippen molar-refractivity contribution in [3.8, 4) is 0 Å². The molecular weight excluding hydrogens is 364 g/mol. The van der Waals surface area contributed by atoms with Crippen molar-refractivity contribution in [2.45, 2.75) is 25.7 Å². The van der Waals surface area contributed by atoms with Gasteiger partial charge >= 0.3 is 5.97 Å². The first kappa shape index (κ1) is 20.8. The van der Waals surface area contributed by atoms with Gasteiger partial charge in [-0.3, -0.25) is 4.79 Å². The normalized spacial score (nSPS) is 13.1. The van der Waals surface area contributed by atoms with Crippen LogP contribution in [0.5, 0.6) is 0 Å². The van der Waals surface area contributed by atoms with Gasteiger partial charge in [-0.15, -0.1) is 0 Å². The fraction of sp³-hybridized carbons (Fsp3) is 0.240. The Labute approximate surface area is 171 Å². The summed E-state index contributed by atoms with van der Waals surface area (Å²) in [4.78, 5) is 12.0. The van der Waals surface area contributed by atoms with E-state index in [-0.39, 0.29) is 0 Å². The molecule has 1 unspecified atom stereocenters. The molecule has 0 amide bonds. The quantitative estimate of drug-likeness (QED) is 0.431. The molecule has 0 bridgehead atoms. The number of aliphatic carboxylic acids is 1. The number of rotatable bonds is 8. The second-order valence-corrected chi connectivity index (χ2v) is 7.49. The van der Waals surface area contributed by atoms with Gasteiger partial charge in [-0.25, -0.2) is 0 Å². The van der Waals surface area contributed by atoms with Crippen molar-refractivity contribution < 1.29 is 19.4 Å². The molecular formula is C25H26O4. The smallest absolute Gasteiger partial charge is 0.314 e. The molecule has 1 N–H and O–H groups in total. The van der Waals surface area contributed by atoms with E-state index < -0.39 is 23.3 Å². The lowest BCUT2D eigenvalue weighted by molar-refractivity contribution is -0.230. The van der Waals surface area contributed by atoms with Crippen molar-refractivity contribution in [3.05, 3.63) is 108 Å². The van der Waals surface area contributed by atoms with E-state index in [4.69, 9.17) is 9.47 Å². The molecule has 29 heavy (non-hydrogen) atoms. The summed E-state index contributed by atoms with van der Waals surface area (Å²) in [6.07, 6.45) is -0.999. The first-order valence-corrected chi connectivity index (χ1v) is 9.53. The fourth-order valence-corrected chi connectivity index (χ4v) is 3.47. The predicted molar refractivity (Wildman–Crippen MR) is 113 cm³/mol. The van der Waals surface area contributed by atoms with E-state index in [1.807, 2.05) is 91.0 Å². The van der Waals surface area contributed by atoms with E-state index in [1.165, 1.54) is 7.11 Å². The Balaban J connectivity index is 2.29. The molecule has 3 aromatic carbocycles. The Morgan fingerprint density at radius 3 is 1.38 bits per heavy atom. The van der Waals surface area contributed by atoms with E-state index in [1.54, 1.807) is 13.8 Å². The van der Waals surface area contributed by atoms with Gasteiger partial charge in [0.05, 0.1) is 0 Å². The standard InChI is InChI=1S/C25H26O4/c1-24(2,22(26)27)23(28-3)29-25(19-13-7-4-8-14-19,20-15-9-5-10-16-20)21-17-11-6-12-18-21/h4-18,23H,1-3H3,(H,26,27). The third kappa shape index (κ3) is 3.95. The molecule has 0 saturated heterocycles. The number of ether oxygens (including phenoxy) is 2. The number of hydrogen-bond donors (Lipinski definition) is 1. The van der Waals surface area contributed by atoms with Crippen LogP contribution in [0.1, 0.15) is 30.5 Å². The zero-order valence-electron chi connectivity index (χ0n) is 16.9. The zero-order valence-corrected chi connectivity index (χ0v) is 16.9. The number of hydrogen-bond acceptors (Lipinski definition) is 3. The largest absolute Gasteiger partial charge is 0.481 e. The summed E-state index contributed by atoms with van der Waals surface area (Å²) in [5.41, 5.74) is 0.358. The van der Waals surface area contributed by atoms with E-state index in [0.29, 0.717) is 0 Å². The lowest BCUT2D eigenvalue weighted by Crippen LogP contribution is -2.46. The maximum Gasteiger partial charge on any atom is 0.314 e. The molecule has 0 fully saturated rings. The number of methoxy groups -OCH3 is 1. The molecule has 0 radical (unpaired) electrons. The second-order valence-electron chi connectivity index (χ2n) is 7.49. The maximum atomic E-state index is 12.0. The van der Waals surface area contributed by atoms with Crippen LogP contribution in [0.15, 0.2) is 91.0 Å². The van der Waals surface area contributed by atoms with Crippen molar-refractivity contribution in [1.29, 1.82) is 0 Å². The molecule has 4 nitrogen and oxygen atoms in total. The van der Waals surface area contributed by atoms with Crippen LogP contribution < -0.4 is 0 Å². The molecule has 0 aliphatic rings. The van der Waals surface area contributed by atoms with Crippen molar-refractivity contribution in [2.75, 3.05) is 7.11 Å². The number of carboxylic acid groups (broad SMARTS) is 1. The molecule has 1 atom stereocenters. The summed E-state index contributed by atoms with van der Waals surface area (Å²) >= 11 is 0. The van der Waals surface area contributed by atoms with Crippen LogP contribution in [0.2, 0.25) is 0 Å². The van der Waals surface area contributed by atoms with Crippen LogP contribution in [0.3, 0.4) is 0 Å². The number of carbonyl (C=O) groups is 1. The van der Waals surface area contributed by atoms with Crippen LogP contribution in [-0.2, 0) is 19.9 Å². The molecule has 3 rings (SSSR count). The van der Waals surface area contributed by atoms with Gasteiger partial charge in [-0.05, 0) is 30.5 Å². The van der Waals surface area contributed by atoms with Gasteiger partial charge in [0.1, 0.15) is 11.0 Å². The molecule has 0 aromatic heterocycles. The average Bonchev–Trinajstić information content (AvgIpc) is 2.76. The predicted octanol–water partition coefficient (Wildman–Crippen LogP) is 5.08. The second kappa shape index (κ2) is 8.60. The first-order valence-electron chi connectivity index (χ1n) is 9.53. The Hall–Kier alpha value is -2.95. The van der Waals surface area contributed by atoms with Crippen molar-refractivity contribution >= 4 is 5.97 Å². The fourth-order valence-electron chi connectivity index (χ4n) is 3.47. The van der Waals surface area contributed by atoms with Crippen LogP contribution in [-0.4, -0.2) is 24.5 Å². The summed E-state index contributed by atoms with van der Waals surface area (Å²) in [7, 11) is 1.47. The summed E-state index contributed by atoms with van der Waals surface area (Å²) < 4.78 is 12.3. The lowest BCUT2D eigenvalue weighted by atomic mass is 9.79. The highest BCUT2D eigenvalue weighted by molar-refractivity contribution is 5.74. The average molecular weight is 390 g/mol. The Morgan fingerprint density at radius 1 is 0.759 bits per heavy atom. The molecule has 0 spiro atoms. The summed E-state index contributed by atoms with van der Waals surface area (Å²) in [6.45, 7) is 3.21. The Bertz CT molecular complexity index is 824. The van der Waals surface area contributed by atoms with E-state index >= 15 is 0 Å². The van der Waals surface area contributed by atoms with Gasteiger partial charge in [0.25, 0.3) is 0 Å². The van der Waals surface area contributed by atoms with Crippen molar-refractivity contribution in [3.63, 3.8) is 0 Å². The Kier molecular flexibility index (Phi) is 6.16. The minimum atomic E-state index is -1.27. The number of carboxylic acids is 1.